The first-order valence-corrected chi connectivity index (χ1v) is 10.8. The van der Waals surface area contributed by atoms with Crippen molar-refractivity contribution in [1.29, 1.82) is 0 Å². The smallest absolute Gasteiger partial charge is 0.264 e. The number of rotatable bonds is 3. The van der Waals surface area contributed by atoms with E-state index in [1.165, 1.54) is 22.9 Å². The van der Waals surface area contributed by atoms with Crippen LogP contribution in [0.2, 0.25) is 0 Å². The average molecular weight is 416 g/mol. The number of hydrogen-bond donors (Lipinski definition) is 1. The molecule has 1 fully saturated rings. The van der Waals surface area contributed by atoms with Crippen LogP contribution in [0.1, 0.15) is 33.6 Å². The first-order valence-electron chi connectivity index (χ1n) is 9.95. The Morgan fingerprint density at radius 1 is 1.00 bits per heavy atom. The molecular formula is C25H25N3OS. The van der Waals surface area contributed by atoms with Gasteiger partial charge in [-0.3, -0.25) is 4.79 Å². The van der Waals surface area contributed by atoms with E-state index in [-0.39, 0.29) is 5.91 Å². The van der Waals surface area contributed by atoms with Crippen LogP contribution in [0, 0.1) is 34.6 Å². The predicted octanol–water partition coefficient (Wildman–Crippen LogP) is 5.91. The van der Waals surface area contributed by atoms with Crippen LogP contribution in [0.5, 0.6) is 0 Å². The molecule has 2 aromatic carbocycles. The van der Waals surface area contributed by atoms with Crippen LogP contribution in [0.15, 0.2) is 58.4 Å². The van der Waals surface area contributed by atoms with Gasteiger partial charge in [-0.15, -0.1) is 0 Å². The summed E-state index contributed by atoms with van der Waals surface area (Å²) >= 11 is 1.39. The Kier molecular flexibility index (Phi) is 5.39. The Bertz CT molecular complexity index is 1220. The highest BCUT2D eigenvalue weighted by Gasteiger charge is 2.25. The molecule has 0 radical (unpaired) electrons. The van der Waals surface area contributed by atoms with Crippen molar-refractivity contribution in [3.63, 3.8) is 0 Å². The third-order valence-electron chi connectivity index (χ3n) is 5.47. The van der Waals surface area contributed by atoms with E-state index in [4.69, 9.17) is 0 Å². The number of hydrogen-bond acceptors (Lipinski definition) is 3. The van der Waals surface area contributed by atoms with Gasteiger partial charge in [0.05, 0.1) is 10.6 Å². The summed E-state index contributed by atoms with van der Waals surface area (Å²) in [5.74, 6) is -0.107. The number of nitrogens with zero attached hydrogens (tertiary/aromatic N) is 2. The number of nitrogens with one attached hydrogen (secondary N) is 1. The fraction of sp³-hybridized carbons (Fsp3) is 0.200. The Morgan fingerprint density at radius 3 is 2.53 bits per heavy atom. The summed E-state index contributed by atoms with van der Waals surface area (Å²) in [6.45, 7) is 10.4. The number of carbonyl (C=O) groups excluding carboxylic acids is 1. The fourth-order valence-corrected chi connectivity index (χ4v) is 4.51. The molecule has 152 valence electrons. The van der Waals surface area contributed by atoms with Gasteiger partial charge in [0.1, 0.15) is 0 Å². The van der Waals surface area contributed by atoms with Crippen molar-refractivity contribution in [2.75, 3.05) is 0 Å². The highest BCUT2D eigenvalue weighted by Crippen LogP contribution is 2.31. The van der Waals surface area contributed by atoms with E-state index >= 15 is 0 Å². The van der Waals surface area contributed by atoms with E-state index in [0.29, 0.717) is 10.1 Å². The van der Waals surface area contributed by atoms with Crippen LogP contribution in [-0.2, 0) is 4.79 Å². The van der Waals surface area contributed by atoms with E-state index in [0.717, 1.165) is 33.9 Å². The molecule has 3 aromatic rings. The van der Waals surface area contributed by atoms with Crippen LogP contribution >= 0.6 is 11.8 Å². The first kappa shape index (κ1) is 20.2. The second-order valence-corrected chi connectivity index (χ2v) is 8.73. The molecule has 0 atom stereocenters. The van der Waals surface area contributed by atoms with Gasteiger partial charge in [0.15, 0.2) is 5.17 Å². The van der Waals surface area contributed by atoms with Crippen molar-refractivity contribution in [3.8, 4) is 5.69 Å². The molecule has 0 bridgehead atoms. The highest BCUT2D eigenvalue weighted by atomic mass is 32.2. The normalized spacial score (nSPS) is 16.5. The first-order chi connectivity index (χ1) is 14.3. The molecule has 4 rings (SSSR count). The second-order valence-electron chi connectivity index (χ2n) is 7.70. The van der Waals surface area contributed by atoms with E-state index < -0.39 is 0 Å². The molecule has 1 aliphatic rings. The van der Waals surface area contributed by atoms with Crippen molar-refractivity contribution >= 4 is 34.6 Å². The molecule has 0 aliphatic carbocycles. The van der Waals surface area contributed by atoms with Crippen molar-refractivity contribution in [2.45, 2.75) is 34.6 Å². The third-order valence-corrected chi connectivity index (χ3v) is 6.38. The maximum absolute atomic E-state index is 12.6. The van der Waals surface area contributed by atoms with Crippen LogP contribution in [0.4, 0.5) is 5.69 Å². The standard InChI is InChI=1S/C25H25N3OS/c1-15-8-6-10-21(12-15)28-17(3)13-20(19(28)5)14-23-24(29)27-25(30-23)26-22-11-7-9-16(2)18(22)4/h6-14H,1-5H3,(H,26,27,29)/b23-14-. The van der Waals surface area contributed by atoms with E-state index in [1.807, 2.05) is 25.1 Å². The number of aliphatic imine (C=N–C) groups is 1. The maximum atomic E-state index is 12.6. The van der Waals surface area contributed by atoms with Crippen LogP contribution in [-0.4, -0.2) is 15.6 Å². The number of amidine groups is 1. The Morgan fingerprint density at radius 2 is 1.77 bits per heavy atom. The lowest BCUT2D eigenvalue weighted by atomic mass is 10.1. The molecule has 1 aliphatic heterocycles. The van der Waals surface area contributed by atoms with Crippen molar-refractivity contribution in [3.05, 3.63) is 87.1 Å². The van der Waals surface area contributed by atoms with Crippen LogP contribution in [0.3, 0.4) is 0 Å². The summed E-state index contributed by atoms with van der Waals surface area (Å²) in [4.78, 5) is 17.9. The summed E-state index contributed by atoms with van der Waals surface area (Å²) in [5, 5.41) is 3.52. The second kappa shape index (κ2) is 8.00. The zero-order valence-corrected chi connectivity index (χ0v) is 18.7. The van der Waals surface area contributed by atoms with Gasteiger partial charge >= 0.3 is 0 Å². The van der Waals surface area contributed by atoms with Gasteiger partial charge in [-0.1, -0.05) is 24.3 Å². The minimum absolute atomic E-state index is 0.107. The quantitative estimate of drug-likeness (QED) is 0.541. The van der Waals surface area contributed by atoms with E-state index in [9.17, 15) is 4.79 Å². The molecule has 1 aromatic heterocycles. The molecule has 0 spiro atoms. The van der Waals surface area contributed by atoms with Crippen molar-refractivity contribution < 1.29 is 4.79 Å². The van der Waals surface area contributed by atoms with Gasteiger partial charge in [0.2, 0.25) is 0 Å². The summed E-state index contributed by atoms with van der Waals surface area (Å²) in [5.41, 5.74) is 8.84. The molecule has 0 saturated carbocycles. The van der Waals surface area contributed by atoms with Crippen molar-refractivity contribution in [1.82, 2.24) is 9.88 Å². The molecule has 2 heterocycles. The van der Waals surface area contributed by atoms with Gasteiger partial charge in [0, 0.05) is 17.1 Å². The Balaban J connectivity index is 1.66. The van der Waals surface area contributed by atoms with Gasteiger partial charge in [-0.25, -0.2) is 4.99 Å². The molecule has 1 saturated heterocycles. The zero-order chi connectivity index (χ0) is 21.4. The minimum atomic E-state index is -0.107. The molecule has 5 heteroatoms. The van der Waals surface area contributed by atoms with Crippen LogP contribution in [0.25, 0.3) is 11.8 Å². The number of benzene rings is 2. The van der Waals surface area contributed by atoms with Gasteiger partial charge in [-0.2, -0.15) is 0 Å². The lowest BCUT2D eigenvalue weighted by molar-refractivity contribution is -0.115. The fourth-order valence-electron chi connectivity index (χ4n) is 3.69. The van der Waals surface area contributed by atoms with E-state index in [1.54, 1.807) is 0 Å². The van der Waals surface area contributed by atoms with Crippen LogP contribution < -0.4 is 5.32 Å². The topological polar surface area (TPSA) is 46.4 Å². The average Bonchev–Trinajstić information content (AvgIpc) is 3.17. The summed E-state index contributed by atoms with van der Waals surface area (Å²) < 4.78 is 2.22. The molecule has 0 unspecified atom stereocenters. The largest absolute Gasteiger partial charge is 0.318 e. The van der Waals surface area contributed by atoms with Gasteiger partial charge in [-0.05, 0) is 99.0 Å². The highest BCUT2D eigenvalue weighted by molar-refractivity contribution is 8.18. The SMILES string of the molecule is Cc1cccc(-n2c(C)cc(/C=C3\SC(=Nc4cccc(C)c4C)NC3=O)c2C)c1. The molecular weight excluding hydrogens is 390 g/mol. The Hall–Kier alpha value is -3.05. The molecule has 1 amide bonds. The molecule has 1 N–H and O–H groups in total. The lowest BCUT2D eigenvalue weighted by Gasteiger charge is -2.10. The van der Waals surface area contributed by atoms with Gasteiger partial charge < -0.3 is 9.88 Å². The maximum Gasteiger partial charge on any atom is 0.264 e. The summed E-state index contributed by atoms with van der Waals surface area (Å²) in [6.07, 6.45) is 1.96. The van der Waals surface area contributed by atoms with Crippen molar-refractivity contribution in [2.24, 2.45) is 4.99 Å². The van der Waals surface area contributed by atoms with Gasteiger partial charge in [0.25, 0.3) is 5.91 Å². The molecule has 4 nitrogen and oxygen atoms in total. The predicted molar refractivity (Wildman–Crippen MR) is 127 cm³/mol. The number of aryl methyl sites for hydroxylation is 3. The molecule has 30 heavy (non-hydrogen) atoms. The number of carbonyl (C=O) groups is 1. The minimum Gasteiger partial charge on any atom is -0.318 e. The van der Waals surface area contributed by atoms with E-state index in [2.05, 4.69) is 79.0 Å². The third kappa shape index (κ3) is 3.85. The number of aromatic nitrogens is 1. The number of thioether (sulfide) groups is 1. The lowest BCUT2D eigenvalue weighted by Crippen LogP contribution is -2.19. The Labute approximate surface area is 181 Å². The monoisotopic (exact) mass is 415 g/mol. The summed E-state index contributed by atoms with van der Waals surface area (Å²) in [6, 6.07) is 16.6. The number of amides is 1. The summed E-state index contributed by atoms with van der Waals surface area (Å²) in [7, 11) is 0. The zero-order valence-electron chi connectivity index (χ0n) is 17.9.